The summed E-state index contributed by atoms with van der Waals surface area (Å²) in [5.74, 6) is 0.772. The molecule has 3 aromatic rings. The van der Waals surface area contributed by atoms with Gasteiger partial charge in [0.2, 0.25) is 21.8 Å². The van der Waals surface area contributed by atoms with Crippen LogP contribution < -0.4 is 5.32 Å². The summed E-state index contributed by atoms with van der Waals surface area (Å²) in [6.45, 7) is 1.38. The number of carbonyl (C=O) groups is 1. The van der Waals surface area contributed by atoms with Gasteiger partial charge in [-0.3, -0.25) is 4.79 Å². The van der Waals surface area contributed by atoms with E-state index in [1.165, 1.54) is 4.31 Å². The van der Waals surface area contributed by atoms with Crippen LogP contribution in [0.15, 0.2) is 61.6 Å². The fraction of sp³-hybridized carbons (Fsp3) is 0.350. The van der Waals surface area contributed by atoms with E-state index in [0.717, 1.165) is 31.0 Å². The number of sulfonamides is 1. The van der Waals surface area contributed by atoms with Gasteiger partial charge in [0.15, 0.2) is 0 Å². The number of aromatic nitrogens is 2. The Bertz CT molecular complexity index is 1120. The summed E-state index contributed by atoms with van der Waals surface area (Å²) in [4.78, 5) is 12.2. The molecule has 11 heteroatoms. The first-order valence-electron chi connectivity index (χ1n) is 9.88. The monoisotopic (exact) mass is 462 g/mol. The van der Waals surface area contributed by atoms with Gasteiger partial charge >= 0.3 is 0 Å². The Kier molecular flexibility index (Phi) is 6.73. The molecule has 0 atom stereocenters. The lowest BCUT2D eigenvalue weighted by Crippen LogP contribution is -2.35. The van der Waals surface area contributed by atoms with Gasteiger partial charge < -0.3 is 14.2 Å². The lowest BCUT2D eigenvalue weighted by Gasteiger charge is -2.25. The van der Waals surface area contributed by atoms with E-state index in [1.807, 2.05) is 0 Å². The summed E-state index contributed by atoms with van der Waals surface area (Å²) in [6.07, 6.45) is 4.34. The average Bonchev–Trinajstić information content (AvgIpc) is 3.49. The third kappa shape index (κ3) is 5.35. The molecule has 0 unspecified atom stereocenters. The minimum Gasteiger partial charge on any atom is -0.467 e. The molecule has 1 saturated heterocycles. The minimum absolute atomic E-state index is 0.103. The topological polar surface area (TPSA) is 119 Å². The summed E-state index contributed by atoms with van der Waals surface area (Å²) < 4.78 is 38.1. The average molecular weight is 463 g/mol. The van der Waals surface area contributed by atoms with Gasteiger partial charge in [-0.15, -0.1) is 10.2 Å². The van der Waals surface area contributed by atoms with Crippen molar-refractivity contribution < 1.29 is 22.0 Å². The highest BCUT2D eigenvalue weighted by Gasteiger charge is 2.26. The fourth-order valence-corrected chi connectivity index (χ4v) is 5.36. The van der Waals surface area contributed by atoms with Crippen LogP contribution in [-0.2, 0) is 21.4 Å². The van der Waals surface area contributed by atoms with Gasteiger partial charge in [-0.1, -0.05) is 24.2 Å². The number of amides is 1. The van der Waals surface area contributed by atoms with Crippen molar-refractivity contribution in [2.45, 2.75) is 35.9 Å². The van der Waals surface area contributed by atoms with Gasteiger partial charge in [0.05, 0.1) is 23.5 Å². The highest BCUT2D eigenvalue weighted by Crippen LogP contribution is 2.27. The van der Waals surface area contributed by atoms with Crippen LogP contribution in [0.5, 0.6) is 0 Å². The molecule has 0 spiro atoms. The number of nitrogens with zero attached hydrogens (tertiary/aromatic N) is 3. The molecule has 9 nitrogen and oxygen atoms in total. The number of carbonyl (C=O) groups excluding carboxylic acids is 1. The van der Waals surface area contributed by atoms with Gasteiger partial charge in [-0.2, -0.15) is 4.31 Å². The van der Waals surface area contributed by atoms with Crippen LogP contribution >= 0.6 is 11.8 Å². The minimum atomic E-state index is -3.55. The van der Waals surface area contributed by atoms with Crippen molar-refractivity contribution in [2.75, 3.05) is 18.8 Å². The molecule has 1 aliphatic heterocycles. The van der Waals surface area contributed by atoms with Gasteiger partial charge in [-0.05, 0) is 43.2 Å². The van der Waals surface area contributed by atoms with E-state index in [4.69, 9.17) is 8.83 Å². The van der Waals surface area contributed by atoms with Crippen LogP contribution in [0.1, 0.15) is 25.0 Å². The third-order valence-corrected chi connectivity index (χ3v) is 7.52. The molecule has 1 aromatic carbocycles. The number of nitrogens with one attached hydrogen (secondary N) is 1. The molecular weight excluding hydrogens is 440 g/mol. The van der Waals surface area contributed by atoms with Crippen molar-refractivity contribution in [3.8, 4) is 11.5 Å². The van der Waals surface area contributed by atoms with E-state index >= 15 is 0 Å². The first-order valence-corrected chi connectivity index (χ1v) is 12.3. The molecular formula is C20H22N4O5S2. The third-order valence-electron chi connectivity index (χ3n) is 4.81. The van der Waals surface area contributed by atoms with Crippen LogP contribution in [0, 0.1) is 0 Å². The highest BCUT2D eigenvalue weighted by molar-refractivity contribution is 7.99. The SMILES string of the molecule is O=C(CSc1nnc(-c2cccc(S(=O)(=O)N3CCCCC3)c2)o1)NCc1ccco1. The highest BCUT2D eigenvalue weighted by atomic mass is 32.2. The number of furan rings is 1. The molecule has 4 rings (SSSR count). The Labute approximate surface area is 184 Å². The molecule has 3 heterocycles. The van der Waals surface area contributed by atoms with E-state index in [9.17, 15) is 13.2 Å². The number of thioether (sulfide) groups is 1. The molecule has 164 valence electrons. The van der Waals surface area contributed by atoms with Gasteiger partial charge in [0.1, 0.15) is 5.76 Å². The van der Waals surface area contributed by atoms with Gasteiger partial charge in [0.25, 0.3) is 5.22 Å². The zero-order chi connectivity index (χ0) is 21.7. The number of hydrogen-bond acceptors (Lipinski definition) is 8. The quantitative estimate of drug-likeness (QED) is 0.508. The van der Waals surface area contributed by atoms with Crippen molar-refractivity contribution in [3.63, 3.8) is 0 Å². The van der Waals surface area contributed by atoms with Crippen molar-refractivity contribution in [2.24, 2.45) is 0 Å². The Morgan fingerprint density at radius 3 is 2.74 bits per heavy atom. The van der Waals surface area contributed by atoms with Crippen LogP contribution in [-0.4, -0.2) is 47.7 Å². The van der Waals surface area contributed by atoms with Crippen LogP contribution in [0.4, 0.5) is 0 Å². The van der Waals surface area contributed by atoms with Crippen molar-refractivity contribution in [1.29, 1.82) is 0 Å². The Hall–Kier alpha value is -2.63. The van der Waals surface area contributed by atoms with E-state index in [-0.39, 0.29) is 27.7 Å². The normalized spacial score (nSPS) is 15.1. The van der Waals surface area contributed by atoms with E-state index in [0.29, 0.717) is 31.0 Å². The Morgan fingerprint density at radius 2 is 1.97 bits per heavy atom. The predicted molar refractivity (Wildman–Crippen MR) is 114 cm³/mol. The van der Waals surface area contributed by atoms with Crippen LogP contribution in [0.2, 0.25) is 0 Å². The summed E-state index contributed by atoms with van der Waals surface area (Å²) in [7, 11) is -3.55. The first-order chi connectivity index (χ1) is 15.0. The molecule has 1 aliphatic rings. The summed E-state index contributed by atoms with van der Waals surface area (Å²) in [6, 6.07) is 10.0. The second-order valence-electron chi connectivity index (χ2n) is 7.01. The molecule has 2 aromatic heterocycles. The molecule has 0 radical (unpaired) electrons. The van der Waals surface area contributed by atoms with Gasteiger partial charge in [0, 0.05) is 18.7 Å². The Balaban J connectivity index is 1.38. The van der Waals surface area contributed by atoms with E-state index < -0.39 is 10.0 Å². The summed E-state index contributed by atoms with van der Waals surface area (Å²) >= 11 is 1.10. The molecule has 1 amide bonds. The predicted octanol–water partition coefficient (Wildman–Crippen LogP) is 2.91. The number of benzene rings is 1. The number of piperidine rings is 1. The summed E-state index contributed by atoms with van der Waals surface area (Å²) in [5, 5.41) is 10.9. The molecule has 0 aliphatic carbocycles. The van der Waals surface area contributed by atoms with Crippen molar-refractivity contribution in [1.82, 2.24) is 19.8 Å². The maximum atomic E-state index is 12.9. The zero-order valence-electron chi connectivity index (χ0n) is 16.7. The smallest absolute Gasteiger partial charge is 0.277 e. The maximum Gasteiger partial charge on any atom is 0.277 e. The molecule has 0 saturated carbocycles. The van der Waals surface area contributed by atoms with Gasteiger partial charge in [-0.25, -0.2) is 8.42 Å². The van der Waals surface area contributed by atoms with Crippen LogP contribution in [0.3, 0.4) is 0 Å². The standard InChI is InChI=1S/C20H22N4O5S2/c25-18(21-13-16-7-5-11-28-16)14-30-20-23-22-19(29-20)15-6-4-8-17(12-15)31(26,27)24-9-2-1-3-10-24/h4-8,11-12H,1-3,9-10,13-14H2,(H,21,25). The first kappa shape index (κ1) is 21.6. The summed E-state index contributed by atoms with van der Waals surface area (Å²) in [5.41, 5.74) is 0.514. The second-order valence-corrected chi connectivity index (χ2v) is 9.87. The largest absolute Gasteiger partial charge is 0.467 e. The van der Waals surface area contributed by atoms with Crippen molar-refractivity contribution in [3.05, 3.63) is 48.4 Å². The Morgan fingerprint density at radius 1 is 1.13 bits per heavy atom. The van der Waals surface area contributed by atoms with Crippen LogP contribution in [0.25, 0.3) is 11.5 Å². The van der Waals surface area contributed by atoms with Crippen molar-refractivity contribution >= 4 is 27.7 Å². The fourth-order valence-electron chi connectivity index (χ4n) is 3.21. The maximum absolute atomic E-state index is 12.9. The molecule has 1 fully saturated rings. The lowest BCUT2D eigenvalue weighted by molar-refractivity contribution is -0.118. The molecule has 0 bridgehead atoms. The lowest BCUT2D eigenvalue weighted by atomic mass is 10.2. The number of hydrogen-bond donors (Lipinski definition) is 1. The van der Waals surface area contributed by atoms with E-state index in [1.54, 1.807) is 42.7 Å². The van der Waals surface area contributed by atoms with E-state index in [2.05, 4.69) is 15.5 Å². The molecule has 1 N–H and O–H groups in total. The molecule has 31 heavy (non-hydrogen) atoms. The second kappa shape index (κ2) is 9.67. The number of rotatable bonds is 8. The zero-order valence-corrected chi connectivity index (χ0v) is 18.3.